The summed E-state index contributed by atoms with van der Waals surface area (Å²) in [6.45, 7) is 2.60. The number of carbonyl (C=O) groups is 1. The fraction of sp³-hybridized carbons (Fsp3) is 0.462. The van der Waals surface area contributed by atoms with Gasteiger partial charge < -0.3 is 9.47 Å². The minimum atomic E-state index is -0.504. The summed E-state index contributed by atoms with van der Waals surface area (Å²) in [5.74, 6) is 0.706. The third kappa shape index (κ3) is 1.70. The Kier molecular flexibility index (Phi) is 2.52. The number of benzene rings is 1. The Bertz CT molecular complexity index is 486. The highest BCUT2D eigenvalue weighted by Gasteiger charge is 2.48. The van der Waals surface area contributed by atoms with Crippen molar-refractivity contribution in [2.75, 3.05) is 6.61 Å². The van der Waals surface area contributed by atoms with Gasteiger partial charge in [0.25, 0.3) is 0 Å². The molecule has 1 aromatic carbocycles. The molecule has 2 unspecified atom stereocenters. The molecule has 0 N–H and O–H groups in total. The van der Waals surface area contributed by atoms with Crippen LogP contribution in [0.3, 0.4) is 0 Å². The van der Waals surface area contributed by atoms with Crippen molar-refractivity contribution in [1.82, 2.24) is 0 Å². The molecule has 0 aliphatic carbocycles. The summed E-state index contributed by atoms with van der Waals surface area (Å²) in [5, 5.41) is 0. The van der Waals surface area contributed by atoms with Crippen molar-refractivity contribution in [3.63, 3.8) is 0 Å². The van der Waals surface area contributed by atoms with Gasteiger partial charge in [-0.1, -0.05) is 15.9 Å². The van der Waals surface area contributed by atoms with Crippen LogP contribution in [-0.4, -0.2) is 24.1 Å². The van der Waals surface area contributed by atoms with Crippen LogP contribution in [0.5, 0.6) is 5.75 Å². The van der Waals surface area contributed by atoms with Gasteiger partial charge in [-0.25, -0.2) is 0 Å². The van der Waals surface area contributed by atoms with Crippen LogP contribution in [0.15, 0.2) is 22.7 Å². The number of fused-ring (bicyclic) bond motifs is 2. The molecular weight excluding hydrogens is 284 g/mol. The number of hydrogen-bond acceptors (Lipinski definition) is 3. The van der Waals surface area contributed by atoms with Crippen LogP contribution >= 0.6 is 15.9 Å². The largest absolute Gasteiger partial charge is 0.484 e. The SMILES string of the molecule is CC12CCCOC1C(=O)c1cc(Br)ccc1O2. The fourth-order valence-corrected chi connectivity index (χ4v) is 2.93. The number of ketones is 1. The summed E-state index contributed by atoms with van der Waals surface area (Å²) in [6.07, 6.45) is 1.34. The molecule has 3 nitrogen and oxygen atoms in total. The molecule has 0 radical (unpaired) electrons. The van der Waals surface area contributed by atoms with Crippen LogP contribution in [0.4, 0.5) is 0 Å². The van der Waals surface area contributed by atoms with Crippen molar-refractivity contribution in [1.29, 1.82) is 0 Å². The van der Waals surface area contributed by atoms with E-state index in [1.165, 1.54) is 0 Å². The van der Waals surface area contributed by atoms with E-state index in [9.17, 15) is 4.79 Å². The zero-order valence-electron chi connectivity index (χ0n) is 9.53. The average molecular weight is 297 g/mol. The molecule has 1 saturated heterocycles. The quantitative estimate of drug-likeness (QED) is 0.738. The second-order valence-corrected chi connectivity index (χ2v) is 5.69. The molecule has 0 bridgehead atoms. The minimum Gasteiger partial charge on any atom is -0.484 e. The standard InChI is InChI=1S/C13H13BrO3/c1-13-5-2-6-16-12(13)11(15)9-7-8(14)3-4-10(9)17-13/h3-4,7,12H,2,5-6H2,1H3. The van der Waals surface area contributed by atoms with E-state index in [1.807, 2.05) is 19.1 Å². The Morgan fingerprint density at radius 3 is 3.12 bits per heavy atom. The maximum atomic E-state index is 12.4. The smallest absolute Gasteiger partial charge is 0.199 e. The molecule has 1 fully saturated rings. The van der Waals surface area contributed by atoms with Crippen molar-refractivity contribution in [2.24, 2.45) is 0 Å². The first-order chi connectivity index (χ1) is 8.10. The number of hydrogen-bond donors (Lipinski definition) is 0. The predicted octanol–water partition coefficient (Wildman–Crippen LogP) is 2.96. The summed E-state index contributed by atoms with van der Waals surface area (Å²) in [7, 11) is 0. The van der Waals surface area contributed by atoms with Crippen molar-refractivity contribution in [3.05, 3.63) is 28.2 Å². The summed E-state index contributed by atoms with van der Waals surface area (Å²) in [5.41, 5.74) is 0.111. The monoisotopic (exact) mass is 296 g/mol. The van der Waals surface area contributed by atoms with E-state index in [4.69, 9.17) is 9.47 Å². The highest BCUT2D eigenvalue weighted by molar-refractivity contribution is 9.10. The molecule has 0 amide bonds. The van der Waals surface area contributed by atoms with Crippen molar-refractivity contribution >= 4 is 21.7 Å². The van der Waals surface area contributed by atoms with Crippen LogP contribution in [0.2, 0.25) is 0 Å². The summed E-state index contributed by atoms with van der Waals surface area (Å²) in [4.78, 5) is 12.4. The molecule has 90 valence electrons. The average Bonchev–Trinajstić information content (AvgIpc) is 2.30. The number of ether oxygens (including phenoxy) is 2. The van der Waals surface area contributed by atoms with E-state index in [0.717, 1.165) is 17.3 Å². The summed E-state index contributed by atoms with van der Waals surface area (Å²) < 4.78 is 12.5. The van der Waals surface area contributed by atoms with Gasteiger partial charge in [-0.15, -0.1) is 0 Å². The Balaban J connectivity index is 2.09. The van der Waals surface area contributed by atoms with Crippen molar-refractivity contribution in [3.8, 4) is 5.75 Å². The molecule has 2 atom stereocenters. The zero-order chi connectivity index (χ0) is 12.0. The third-order valence-corrected chi connectivity index (χ3v) is 3.94. The van der Waals surface area contributed by atoms with Gasteiger partial charge >= 0.3 is 0 Å². The number of carbonyl (C=O) groups excluding carboxylic acids is 1. The number of rotatable bonds is 0. The first-order valence-corrected chi connectivity index (χ1v) is 6.54. The topological polar surface area (TPSA) is 35.5 Å². The lowest BCUT2D eigenvalue weighted by Crippen LogP contribution is -2.56. The van der Waals surface area contributed by atoms with Crippen LogP contribution in [0.25, 0.3) is 0 Å². The van der Waals surface area contributed by atoms with Gasteiger partial charge in [0.2, 0.25) is 0 Å². The van der Waals surface area contributed by atoms with E-state index < -0.39 is 11.7 Å². The Hall–Kier alpha value is -0.870. The molecule has 1 aromatic rings. The van der Waals surface area contributed by atoms with Gasteiger partial charge in [-0.3, -0.25) is 4.79 Å². The summed E-state index contributed by atoms with van der Waals surface area (Å²) in [6, 6.07) is 5.53. The lowest BCUT2D eigenvalue weighted by molar-refractivity contribution is -0.106. The zero-order valence-corrected chi connectivity index (χ0v) is 11.1. The van der Waals surface area contributed by atoms with Gasteiger partial charge in [-0.2, -0.15) is 0 Å². The lowest BCUT2D eigenvalue weighted by Gasteiger charge is -2.43. The maximum Gasteiger partial charge on any atom is 0.199 e. The maximum absolute atomic E-state index is 12.4. The van der Waals surface area contributed by atoms with Crippen LogP contribution in [-0.2, 0) is 4.74 Å². The molecule has 0 spiro atoms. The van der Waals surface area contributed by atoms with E-state index in [2.05, 4.69) is 15.9 Å². The van der Waals surface area contributed by atoms with Gasteiger partial charge in [-0.05, 0) is 38.0 Å². The Morgan fingerprint density at radius 2 is 2.29 bits per heavy atom. The van der Waals surface area contributed by atoms with E-state index in [0.29, 0.717) is 17.9 Å². The first kappa shape index (κ1) is 11.2. The molecular formula is C13H13BrO3. The van der Waals surface area contributed by atoms with Crippen LogP contribution < -0.4 is 4.74 Å². The lowest BCUT2D eigenvalue weighted by atomic mass is 9.83. The number of halogens is 1. The van der Waals surface area contributed by atoms with Gasteiger partial charge in [0, 0.05) is 11.1 Å². The van der Waals surface area contributed by atoms with Crippen LogP contribution in [0.1, 0.15) is 30.1 Å². The molecule has 2 aliphatic heterocycles. The molecule has 0 saturated carbocycles. The normalized spacial score (nSPS) is 31.4. The second kappa shape index (κ2) is 3.82. The van der Waals surface area contributed by atoms with E-state index in [-0.39, 0.29) is 5.78 Å². The van der Waals surface area contributed by atoms with Crippen molar-refractivity contribution in [2.45, 2.75) is 31.5 Å². The van der Waals surface area contributed by atoms with E-state index in [1.54, 1.807) is 6.07 Å². The molecule has 2 heterocycles. The highest BCUT2D eigenvalue weighted by Crippen LogP contribution is 2.40. The molecule has 3 rings (SSSR count). The Labute approximate surface area is 108 Å². The summed E-state index contributed by atoms with van der Waals surface area (Å²) >= 11 is 3.37. The minimum absolute atomic E-state index is 0.0368. The number of Topliss-reactive ketones (excluding diaryl/α,β-unsaturated/α-hetero) is 1. The second-order valence-electron chi connectivity index (χ2n) is 4.77. The highest BCUT2D eigenvalue weighted by atomic mass is 79.9. The first-order valence-electron chi connectivity index (χ1n) is 5.74. The van der Waals surface area contributed by atoms with Gasteiger partial charge in [0.1, 0.15) is 11.4 Å². The molecule has 0 aromatic heterocycles. The fourth-order valence-electron chi connectivity index (χ4n) is 2.57. The van der Waals surface area contributed by atoms with Gasteiger partial charge in [0.15, 0.2) is 11.9 Å². The Morgan fingerprint density at radius 1 is 1.47 bits per heavy atom. The van der Waals surface area contributed by atoms with E-state index >= 15 is 0 Å². The van der Waals surface area contributed by atoms with Crippen molar-refractivity contribution < 1.29 is 14.3 Å². The molecule has 17 heavy (non-hydrogen) atoms. The van der Waals surface area contributed by atoms with Crippen LogP contribution in [0, 0.1) is 0 Å². The van der Waals surface area contributed by atoms with Gasteiger partial charge in [0.05, 0.1) is 5.56 Å². The third-order valence-electron chi connectivity index (χ3n) is 3.44. The molecule has 2 aliphatic rings. The predicted molar refractivity (Wildman–Crippen MR) is 66.5 cm³/mol. The molecule has 4 heteroatoms.